The van der Waals surface area contributed by atoms with Crippen molar-refractivity contribution in [1.82, 2.24) is 0 Å². The van der Waals surface area contributed by atoms with Crippen molar-refractivity contribution in [2.24, 2.45) is 11.7 Å². The lowest BCUT2D eigenvalue weighted by atomic mass is 10.1. The second-order valence-corrected chi connectivity index (χ2v) is 5.11. The van der Waals surface area contributed by atoms with E-state index in [9.17, 15) is 0 Å². The summed E-state index contributed by atoms with van der Waals surface area (Å²) in [6.07, 6.45) is 1.05. The molecule has 0 aliphatic carbocycles. The maximum absolute atomic E-state index is 7.31. The molecule has 0 amide bonds. The van der Waals surface area contributed by atoms with Gasteiger partial charge >= 0.3 is 0 Å². The summed E-state index contributed by atoms with van der Waals surface area (Å²) in [4.78, 5) is 0. The summed E-state index contributed by atoms with van der Waals surface area (Å²) >= 11 is 6.04. The fourth-order valence-corrected chi connectivity index (χ4v) is 1.65. The Hall–Kier alpha value is -1.26. The summed E-state index contributed by atoms with van der Waals surface area (Å²) in [5.41, 5.74) is 5.96. The molecule has 0 radical (unpaired) electrons. The summed E-state index contributed by atoms with van der Waals surface area (Å²) in [6, 6.07) is 5.05. The number of nitrogens with one attached hydrogen (secondary N) is 1. The molecule has 1 rings (SSSR count). The highest BCUT2D eigenvalue weighted by molar-refractivity contribution is 6.32. The van der Waals surface area contributed by atoms with Crippen LogP contribution in [0.1, 0.15) is 25.8 Å². The third-order valence-electron chi connectivity index (χ3n) is 2.57. The van der Waals surface area contributed by atoms with E-state index in [0.29, 0.717) is 35.5 Å². The van der Waals surface area contributed by atoms with Crippen LogP contribution in [0.5, 0.6) is 5.75 Å². The lowest BCUT2D eigenvalue weighted by Crippen LogP contribution is -2.11. The topological polar surface area (TPSA) is 68.3 Å². The van der Waals surface area contributed by atoms with Crippen LogP contribution in [0.2, 0.25) is 5.02 Å². The minimum absolute atomic E-state index is 0.00883. The van der Waals surface area contributed by atoms with Crippen LogP contribution < -0.4 is 10.5 Å². The Morgan fingerprint density at radius 3 is 2.63 bits per heavy atom. The number of ether oxygens (including phenoxy) is 2. The average molecular weight is 285 g/mol. The van der Waals surface area contributed by atoms with Crippen molar-refractivity contribution in [3.05, 3.63) is 28.8 Å². The highest BCUT2D eigenvalue weighted by Gasteiger charge is 2.04. The predicted molar refractivity (Wildman–Crippen MR) is 78.2 cm³/mol. The SMILES string of the molecule is CC(C)CCOCCOc1ccc(C(=N)N)cc1Cl. The highest BCUT2D eigenvalue weighted by Crippen LogP contribution is 2.25. The summed E-state index contributed by atoms with van der Waals surface area (Å²) in [7, 11) is 0. The number of benzene rings is 1. The number of halogens is 1. The van der Waals surface area contributed by atoms with Gasteiger partial charge in [0, 0.05) is 12.2 Å². The maximum atomic E-state index is 7.31. The van der Waals surface area contributed by atoms with Crippen molar-refractivity contribution in [2.45, 2.75) is 20.3 Å². The molecule has 0 fully saturated rings. The van der Waals surface area contributed by atoms with Crippen molar-refractivity contribution in [1.29, 1.82) is 5.41 Å². The van der Waals surface area contributed by atoms with Crippen molar-refractivity contribution in [3.63, 3.8) is 0 Å². The van der Waals surface area contributed by atoms with Crippen LogP contribution in [0.15, 0.2) is 18.2 Å². The fourth-order valence-electron chi connectivity index (χ4n) is 1.42. The molecule has 0 spiro atoms. The normalized spacial score (nSPS) is 10.7. The van der Waals surface area contributed by atoms with Crippen molar-refractivity contribution < 1.29 is 9.47 Å². The number of hydrogen-bond acceptors (Lipinski definition) is 3. The molecule has 19 heavy (non-hydrogen) atoms. The van der Waals surface area contributed by atoms with E-state index in [4.69, 9.17) is 32.2 Å². The molecule has 1 aromatic carbocycles. The van der Waals surface area contributed by atoms with Crippen LogP contribution in [0.25, 0.3) is 0 Å². The molecule has 4 nitrogen and oxygen atoms in total. The average Bonchev–Trinajstić information content (AvgIpc) is 2.34. The first-order valence-electron chi connectivity index (χ1n) is 6.35. The first kappa shape index (κ1) is 15.8. The first-order valence-corrected chi connectivity index (χ1v) is 6.73. The second-order valence-electron chi connectivity index (χ2n) is 4.70. The molecule has 3 N–H and O–H groups in total. The quantitative estimate of drug-likeness (QED) is 0.438. The van der Waals surface area contributed by atoms with Crippen molar-refractivity contribution >= 4 is 17.4 Å². The van der Waals surface area contributed by atoms with Gasteiger partial charge in [-0.2, -0.15) is 0 Å². The van der Waals surface area contributed by atoms with Crippen molar-refractivity contribution in [3.8, 4) is 5.75 Å². The Morgan fingerprint density at radius 2 is 2.05 bits per heavy atom. The summed E-state index contributed by atoms with van der Waals surface area (Å²) in [6.45, 7) is 6.07. The van der Waals surface area contributed by atoms with Crippen molar-refractivity contribution in [2.75, 3.05) is 19.8 Å². The minimum Gasteiger partial charge on any atom is -0.490 e. The van der Waals surface area contributed by atoms with Gasteiger partial charge in [-0.3, -0.25) is 5.41 Å². The third-order valence-corrected chi connectivity index (χ3v) is 2.86. The molecule has 1 aromatic rings. The first-order chi connectivity index (χ1) is 9.00. The maximum Gasteiger partial charge on any atom is 0.138 e. The van der Waals surface area contributed by atoms with Crippen LogP contribution in [-0.2, 0) is 4.74 Å². The molecular weight excluding hydrogens is 264 g/mol. The van der Waals surface area contributed by atoms with E-state index in [-0.39, 0.29) is 5.84 Å². The number of nitrogens with two attached hydrogens (primary N) is 1. The molecule has 0 unspecified atom stereocenters. The van der Waals surface area contributed by atoms with Gasteiger partial charge in [0.05, 0.1) is 11.6 Å². The highest BCUT2D eigenvalue weighted by atomic mass is 35.5. The third kappa shape index (κ3) is 5.94. The van der Waals surface area contributed by atoms with E-state index in [2.05, 4.69) is 13.8 Å². The Labute approximate surface area is 119 Å². The monoisotopic (exact) mass is 284 g/mol. The zero-order valence-corrected chi connectivity index (χ0v) is 12.2. The Bertz CT molecular complexity index is 422. The smallest absolute Gasteiger partial charge is 0.138 e. The molecule has 0 heterocycles. The van der Waals surface area contributed by atoms with Gasteiger partial charge in [0.25, 0.3) is 0 Å². The molecule has 0 saturated heterocycles. The van der Waals surface area contributed by atoms with E-state index in [0.717, 1.165) is 13.0 Å². The molecule has 0 saturated carbocycles. The van der Waals surface area contributed by atoms with Gasteiger partial charge in [-0.1, -0.05) is 25.4 Å². The van der Waals surface area contributed by atoms with Crippen LogP contribution >= 0.6 is 11.6 Å². The fraction of sp³-hybridized carbons (Fsp3) is 0.500. The predicted octanol–water partition coefficient (Wildman–Crippen LogP) is 3.07. The van der Waals surface area contributed by atoms with Gasteiger partial charge in [-0.05, 0) is 30.5 Å². The van der Waals surface area contributed by atoms with Gasteiger partial charge in [-0.15, -0.1) is 0 Å². The van der Waals surface area contributed by atoms with E-state index >= 15 is 0 Å². The molecule has 0 aromatic heterocycles. The number of rotatable bonds is 8. The van der Waals surface area contributed by atoms with Crippen LogP contribution in [0.3, 0.4) is 0 Å². The van der Waals surface area contributed by atoms with Crippen LogP contribution in [0, 0.1) is 11.3 Å². The Kier molecular flexibility index (Phi) is 6.67. The van der Waals surface area contributed by atoms with Gasteiger partial charge < -0.3 is 15.2 Å². The summed E-state index contributed by atoms with van der Waals surface area (Å²) in [5.74, 6) is 1.22. The zero-order valence-electron chi connectivity index (χ0n) is 11.4. The van der Waals surface area contributed by atoms with E-state index < -0.39 is 0 Å². The van der Waals surface area contributed by atoms with Gasteiger partial charge in [0.2, 0.25) is 0 Å². The number of hydrogen-bond donors (Lipinski definition) is 2. The van der Waals surface area contributed by atoms with E-state index in [1.807, 2.05) is 0 Å². The molecule has 0 aliphatic heterocycles. The number of amidine groups is 1. The lowest BCUT2D eigenvalue weighted by Gasteiger charge is -2.10. The Morgan fingerprint density at radius 1 is 1.32 bits per heavy atom. The van der Waals surface area contributed by atoms with Gasteiger partial charge in [-0.25, -0.2) is 0 Å². The summed E-state index contributed by atoms with van der Waals surface area (Å²) in [5, 5.41) is 7.76. The van der Waals surface area contributed by atoms with E-state index in [1.165, 1.54) is 0 Å². The zero-order chi connectivity index (χ0) is 14.3. The number of nitrogen functional groups attached to an aromatic ring is 1. The van der Waals surface area contributed by atoms with Gasteiger partial charge in [0.1, 0.15) is 18.2 Å². The molecule has 0 bridgehead atoms. The van der Waals surface area contributed by atoms with Crippen LogP contribution in [-0.4, -0.2) is 25.7 Å². The standard InChI is InChI=1S/C14H21ClN2O2/c1-10(2)5-6-18-7-8-19-13-4-3-11(14(16)17)9-12(13)15/h3-4,9-10H,5-8H2,1-2H3,(H3,16,17). The molecule has 0 atom stereocenters. The minimum atomic E-state index is -0.00883. The molecular formula is C14H21ClN2O2. The molecule has 5 heteroatoms. The summed E-state index contributed by atoms with van der Waals surface area (Å²) < 4.78 is 11.0. The van der Waals surface area contributed by atoms with Crippen LogP contribution in [0.4, 0.5) is 0 Å². The molecule has 0 aliphatic rings. The second kappa shape index (κ2) is 8.02. The van der Waals surface area contributed by atoms with Gasteiger partial charge in [0.15, 0.2) is 0 Å². The largest absolute Gasteiger partial charge is 0.490 e. The molecule has 106 valence electrons. The van der Waals surface area contributed by atoms with E-state index in [1.54, 1.807) is 18.2 Å². The Balaban J connectivity index is 2.32. The lowest BCUT2D eigenvalue weighted by molar-refractivity contribution is 0.0926.